The van der Waals surface area contributed by atoms with Gasteiger partial charge in [0.2, 0.25) is 0 Å². The molecule has 0 aliphatic carbocycles. The van der Waals surface area contributed by atoms with Gasteiger partial charge in [0.1, 0.15) is 17.7 Å². The summed E-state index contributed by atoms with van der Waals surface area (Å²) >= 11 is 3.40. The van der Waals surface area contributed by atoms with E-state index >= 15 is 0 Å². The third-order valence-electron chi connectivity index (χ3n) is 3.47. The number of H-pyrrole nitrogens is 1. The first-order chi connectivity index (χ1) is 10.7. The molecular weight excluding hydrogens is 338 g/mol. The Hall–Kier alpha value is -2.82. The Bertz CT molecular complexity index is 934. The molecule has 0 amide bonds. The molecule has 22 heavy (non-hydrogen) atoms. The molecule has 0 aliphatic rings. The number of rotatable bonds is 2. The molecule has 104 valence electrons. The van der Waals surface area contributed by atoms with E-state index in [1.54, 1.807) is 0 Å². The first-order valence-electron chi connectivity index (χ1n) is 6.61. The van der Waals surface area contributed by atoms with Crippen molar-refractivity contribution in [2.45, 2.75) is 0 Å². The number of aromatic nitrogens is 1. The smallest absolute Gasteiger partial charge is 0.138 e. The molecule has 0 spiro atoms. The van der Waals surface area contributed by atoms with Crippen LogP contribution in [0, 0.1) is 22.7 Å². The summed E-state index contributed by atoms with van der Waals surface area (Å²) in [5, 5.41) is 19.7. The lowest BCUT2D eigenvalue weighted by Crippen LogP contribution is -1.91. The molecule has 2 aromatic carbocycles. The third kappa shape index (κ3) is 2.41. The molecule has 0 saturated carbocycles. The van der Waals surface area contributed by atoms with Gasteiger partial charge >= 0.3 is 0 Å². The molecule has 3 aromatic rings. The first-order valence-corrected chi connectivity index (χ1v) is 7.41. The summed E-state index contributed by atoms with van der Waals surface area (Å²) in [4.78, 5) is 3.19. The van der Waals surface area contributed by atoms with Crippen molar-refractivity contribution in [1.82, 2.24) is 4.98 Å². The zero-order valence-electron chi connectivity index (χ0n) is 11.5. The second kappa shape index (κ2) is 5.89. The average molecular weight is 348 g/mol. The van der Waals surface area contributed by atoms with Gasteiger partial charge in [-0.1, -0.05) is 46.3 Å². The van der Waals surface area contributed by atoms with Crippen LogP contribution < -0.4 is 0 Å². The van der Waals surface area contributed by atoms with Gasteiger partial charge in [0, 0.05) is 32.7 Å². The van der Waals surface area contributed by atoms with E-state index in [9.17, 15) is 10.5 Å². The first kappa shape index (κ1) is 14.1. The number of nitrogens with one attached hydrogen (secondary N) is 1. The summed E-state index contributed by atoms with van der Waals surface area (Å²) in [6, 6.07) is 19.5. The highest BCUT2D eigenvalue weighted by Gasteiger charge is 2.15. The molecule has 1 heterocycles. The number of nitrogens with zero attached hydrogens (tertiary/aromatic N) is 2. The number of benzene rings is 2. The quantitative estimate of drug-likeness (QED) is 0.678. The van der Waals surface area contributed by atoms with E-state index in [2.05, 4.69) is 20.9 Å². The van der Waals surface area contributed by atoms with Crippen molar-refractivity contribution < 1.29 is 0 Å². The fourth-order valence-corrected chi connectivity index (χ4v) is 2.73. The molecule has 0 atom stereocenters. The molecule has 0 radical (unpaired) electrons. The van der Waals surface area contributed by atoms with Gasteiger partial charge < -0.3 is 4.98 Å². The normalized spacial score (nSPS) is 9.95. The van der Waals surface area contributed by atoms with Gasteiger partial charge in [0.25, 0.3) is 0 Å². The van der Waals surface area contributed by atoms with Gasteiger partial charge in [-0.05, 0) is 23.8 Å². The van der Waals surface area contributed by atoms with E-state index in [0.717, 1.165) is 26.5 Å². The summed E-state index contributed by atoms with van der Waals surface area (Å²) < 4.78 is 0.949. The Kier molecular flexibility index (Phi) is 3.78. The van der Waals surface area contributed by atoms with Gasteiger partial charge in [0.05, 0.1) is 0 Å². The molecule has 4 heteroatoms. The van der Waals surface area contributed by atoms with Gasteiger partial charge in [-0.3, -0.25) is 0 Å². The molecule has 0 unspecified atom stereocenters. The lowest BCUT2D eigenvalue weighted by Gasteiger charge is -2.07. The Balaban J connectivity index is 2.33. The van der Waals surface area contributed by atoms with Crippen LogP contribution in [0.5, 0.6) is 0 Å². The number of hydrogen-bond acceptors (Lipinski definition) is 2. The summed E-state index contributed by atoms with van der Waals surface area (Å²) in [7, 11) is 0. The minimum Gasteiger partial charge on any atom is -0.361 e. The third-order valence-corrected chi connectivity index (χ3v) is 3.99. The second-order valence-electron chi connectivity index (χ2n) is 4.73. The van der Waals surface area contributed by atoms with Crippen LogP contribution in [0.4, 0.5) is 0 Å². The molecule has 1 aromatic heterocycles. The standard InChI is InChI=1S/C18H10BrN3/c19-14-7-5-12(6-8-14)18(13(9-20)10-21)16-11-22-17-4-2-1-3-15(16)17/h1-8,11,22H. The van der Waals surface area contributed by atoms with Crippen LogP contribution in [-0.2, 0) is 0 Å². The van der Waals surface area contributed by atoms with E-state index < -0.39 is 0 Å². The van der Waals surface area contributed by atoms with E-state index in [4.69, 9.17) is 0 Å². The fourth-order valence-electron chi connectivity index (χ4n) is 2.47. The molecular formula is C18H10BrN3. The SMILES string of the molecule is N#CC(C#N)=C(c1ccc(Br)cc1)c1c[nH]c2ccccc12. The zero-order chi connectivity index (χ0) is 15.5. The minimum absolute atomic E-state index is 0.104. The van der Waals surface area contributed by atoms with Crippen LogP contribution in [0.15, 0.2) is 64.8 Å². The lowest BCUT2D eigenvalue weighted by molar-refractivity contribution is 1.43. The van der Waals surface area contributed by atoms with Gasteiger partial charge in [-0.15, -0.1) is 0 Å². The monoisotopic (exact) mass is 347 g/mol. The summed E-state index contributed by atoms with van der Waals surface area (Å²) in [6.07, 6.45) is 1.84. The number of para-hydroxylation sites is 1. The van der Waals surface area contributed by atoms with Crippen LogP contribution >= 0.6 is 15.9 Å². The van der Waals surface area contributed by atoms with Crippen molar-refractivity contribution in [2.24, 2.45) is 0 Å². The molecule has 3 nitrogen and oxygen atoms in total. The maximum absolute atomic E-state index is 9.33. The Morgan fingerprint density at radius 2 is 1.64 bits per heavy atom. The number of allylic oxidation sites excluding steroid dienone is 1. The van der Waals surface area contributed by atoms with Gasteiger partial charge in [-0.2, -0.15) is 10.5 Å². The van der Waals surface area contributed by atoms with Crippen molar-refractivity contribution in [3.8, 4) is 12.1 Å². The zero-order valence-corrected chi connectivity index (χ0v) is 13.1. The number of hydrogen-bond donors (Lipinski definition) is 1. The summed E-state index contributed by atoms with van der Waals surface area (Å²) in [5.41, 5.74) is 3.42. The largest absolute Gasteiger partial charge is 0.361 e. The van der Waals surface area contributed by atoms with Crippen molar-refractivity contribution in [3.05, 3.63) is 75.9 Å². The van der Waals surface area contributed by atoms with E-state index in [-0.39, 0.29) is 5.57 Å². The number of aromatic amines is 1. The summed E-state index contributed by atoms with van der Waals surface area (Å²) in [5.74, 6) is 0. The Labute approximate surface area is 136 Å². The van der Waals surface area contributed by atoms with Crippen LogP contribution in [-0.4, -0.2) is 4.98 Å². The number of halogens is 1. The van der Waals surface area contributed by atoms with Crippen molar-refractivity contribution >= 4 is 32.4 Å². The van der Waals surface area contributed by atoms with Gasteiger partial charge in [0.15, 0.2) is 0 Å². The maximum Gasteiger partial charge on any atom is 0.138 e. The molecule has 0 fully saturated rings. The van der Waals surface area contributed by atoms with Crippen LogP contribution in [0.25, 0.3) is 16.5 Å². The lowest BCUT2D eigenvalue weighted by atomic mass is 9.93. The summed E-state index contributed by atoms with van der Waals surface area (Å²) in [6.45, 7) is 0. The Morgan fingerprint density at radius 3 is 2.32 bits per heavy atom. The molecule has 0 saturated heterocycles. The average Bonchev–Trinajstić information content (AvgIpc) is 2.97. The van der Waals surface area contributed by atoms with Crippen LogP contribution in [0.3, 0.4) is 0 Å². The molecule has 0 bridgehead atoms. The molecule has 0 aliphatic heterocycles. The van der Waals surface area contributed by atoms with Crippen LogP contribution in [0.2, 0.25) is 0 Å². The van der Waals surface area contributed by atoms with Crippen molar-refractivity contribution in [3.63, 3.8) is 0 Å². The van der Waals surface area contributed by atoms with Crippen molar-refractivity contribution in [2.75, 3.05) is 0 Å². The second-order valence-corrected chi connectivity index (χ2v) is 5.64. The van der Waals surface area contributed by atoms with Crippen molar-refractivity contribution in [1.29, 1.82) is 10.5 Å². The van der Waals surface area contributed by atoms with Gasteiger partial charge in [-0.25, -0.2) is 0 Å². The number of nitriles is 2. The highest BCUT2D eigenvalue weighted by Crippen LogP contribution is 2.32. The molecule has 3 rings (SSSR count). The molecule has 1 N–H and O–H groups in total. The van der Waals surface area contributed by atoms with Crippen LogP contribution in [0.1, 0.15) is 11.1 Å². The topological polar surface area (TPSA) is 63.4 Å². The fraction of sp³-hybridized carbons (Fsp3) is 0. The minimum atomic E-state index is 0.104. The predicted molar refractivity (Wildman–Crippen MR) is 89.7 cm³/mol. The number of fused-ring (bicyclic) bond motifs is 1. The highest BCUT2D eigenvalue weighted by molar-refractivity contribution is 9.10. The van der Waals surface area contributed by atoms with E-state index in [1.165, 1.54) is 0 Å². The van der Waals surface area contributed by atoms with E-state index in [0.29, 0.717) is 5.57 Å². The van der Waals surface area contributed by atoms with E-state index in [1.807, 2.05) is 66.9 Å². The maximum atomic E-state index is 9.33. The Morgan fingerprint density at radius 1 is 0.955 bits per heavy atom. The highest BCUT2D eigenvalue weighted by atomic mass is 79.9. The predicted octanol–water partition coefficient (Wildman–Crippen LogP) is 4.78.